The summed E-state index contributed by atoms with van der Waals surface area (Å²) in [5.41, 5.74) is 3.35. The Bertz CT molecular complexity index is 658. The summed E-state index contributed by atoms with van der Waals surface area (Å²) in [6.45, 7) is 2.22. The number of fused-ring (bicyclic) bond motifs is 1. The number of Topliss-reactive ketones (excluding diaryl/α,β-unsaturated/α-hetero) is 1. The Kier molecular flexibility index (Phi) is 2.06. The summed E-state index contributed by atoms with van der Waals surface area (Å²) < 4.78 is 0. The number of ketones is 1. The standard InChI is InChI=1S/C18H16O/c1-12-16(13-7-3-2-4-8-13)18(12)11-14-9-5-6-10-15(14)17(18)19/h2-10,12,16H,11H2,1H3/t12?,16-,18-/m1/s1. The van der Waals surface area contributed by atoms with Crippen LogP contribution in [0.15, 0.2) is 54.6 Å². The highest BCUT2D eigenvalue weighted by atomic mass is 16.1. The number of hydrogen-bond acceptors (Lipinski definition) is 1. The predicted molar refractivity (Wildman–Crippen MR) is 75.3 cm³/mol. The highest BCUT2D eigenvalue weighted by Gasteiger charge is 2.69. The lowest BCUT2D eigenvalue weighted by Gasteiger charge is -2.07. The van der Waals surface area contributed by atoms with E-state index in [4.69, 9.17) is 0 Å². The molecule has 1 spiro atoms. The molecule has 19 heavy (non-hydrogen) atoms. The molecule has 1 unspecified atom stereocenters. The predicted octanol–water partition coefficient (Wildman–Crippen LogP) is 3.85. The van der Waals surface area contributed by atoms with Crippen molar-refractivity contribution >= 4 is 5.78 Å². The van der Waals surface area contributed by atoms with Crippen LogP contribution in [0.5, 0.6) is 0 Å². The Morgan fingerprint density at radius 3 is 2.42 bits per heavy atom. The first-order valence-electron chi connectivity index (χ1n) is 6.93. The Balaban J connectivity index is 1.78. The Hall–Kier alpha value is -1.89. The second kappa shape index (κ2) is 3.57. The van der Waals surface area contributed by atoms with Crippen LogP contribution in [-0.4, -0.2) is 5.78 Å². The summed E-state index contributed by atoms with van der Waals surface area (Å²) in [5, 5.41) is 0. The van der Waals surface area contributed by atoms with E-state index in [1.54, 1.807) is 0 Å². The molecule has 0 aromatic heterocycles. The number of carbonyl (C=O) groups is 1. The van der Waals surface area contributed by atoms with Crippen LogP contribution >= 0.6 is 0 Å². The second-order valence-corrected chi connectivity index (χ2v) is 5.88. The third kappa shape index (κ3) is 1.28. The molecular weight excluding hydrogens is 232 g/mol. The van der Waals surface area contributed by atoms with Gasteiger partial charge in [0.05, 0.1) is 0 Å². The molecule has 0 saturated heterocycles. The second-order valence-electron chi connectivity index (χ2n) is 5.88. The van der Waals surface area contributed by atoms with E-state index in [0.717, 1.165) is 12.0 Å². The zero-order valence-electron chi connectivity index (χ0n) is 11.0. The quantitative estimate of drug-likeness (QED) is 0.749. The molecule has 0 amide bonds. The Morgan fingerprint density at radius 2 is 1.68 bits per heavy atom. The fourth-order valence-corrected chi connectivity index (χ4v) is 4.04. The molecular formula is C18H16O. The third-order valence-corrected chi connectivity index (χ3v) is 5.08. The summed E-state index contributed by atoms with van der Waals surface area (Å²) in [6, 6.07) is 18.6. The van der Waals surface area contributed by atoms with Gasteiger partial charge in [0.2, 0.25) is 0 Å². The normalized spacial score (nSPS) is 31.5. The van der Waals surface area contributed by atoms with E-state index in [9.17, 15) is 4.79 Å². The van der Waals surface area contributed by atoms with Gasteiger partial charge in [-0.25, -0.2) is 0 Å². The average molecular weight is 248 g/mol. The van der Waals surface area contributed by atoms with E-state index in [1.807, 2.05) is 24.3 Å². The average Bonchev–Trinajstić information content (AvgIpc) is 2.92. The van der Waals surface area contributed by atoms with E-state index < -0.39 is 0 Å². The maximum atomic E-state index is 12.8. The highest BCUT2D eigenvalue weighted by molar-refractivity contribution is 6.08. The van der Waals surface area contributed by atoms with Gasteiger partial charge < -0.3 is 0 Å². The fourth-order valence-electron chi connectivity index (χ4n) is 4.04. The zero-order chi connectivity index (χ0) is 13.0. The van der Waals surface area contributed by atoms with Crippen molar-refractivity contribution in [1.29, 1.82) is 0 Å². The molecule has 1 heteroatoms. The molecule has 4 rings (SSSR count). The molecule has 2 aliphatic carbocycles. The zero-order valence-corrected chi connectivity index (χ0v) is 11.0. The smallest absolute Gasteiger partial charge is 0.170 e. The van der Waals surface area contributed by atoms with Gasteiger partial charge in [0.25, 0.3) is 0 Å². The van der Waals surface area contributed by atoms with Gasteiger partial charge in [0, 0.05) is 16.9 Å². The number of carbonyl (C=O) groups excluding carboxylic acids is 1. The first-order chi connectivity index (χ1) is 9.25. The lowest BCUT2D eigenvalue weighted by atomic mass is 9.94. The largest absolute Gasteiger partial charge is 0.293 e. The molecule has 2 aliphatic rings. The molecule has 1 fully saturated rings. The molecule has 2 aromatic carbocycles. The Morgan fingerprint density at radius 1 is 1.00 bits per heavy atom. The van der Waals surface area contributed by atoms with Gasteiger partial charge in [0.15, 0.2) is 5.78 Å². The minimum Gasteiger partial charge on any atom is -0.293 e. The molecule has 94 valence electrons. The van der Waals surface area contributed by atoms with Gasteiger partial charge in [-0.3, -0.25) is 4.79 Å². The van der Waals surface area contributed by atoms with Gasteiger partial charge in [-0.1, -0.05) is 61.5 Å². The number of hydrogen-bond donors (Lipinski definition) is 0. The van der Waals surface area contributed by atoms with Crippen LogP contribution in [0.1, 0.15) is 34.3 Å². The molecule has 1 nitrogen and oxygen atoms in total. The van der Waals surface area contributed by atoms with Crippen LogP contribution in [0, 0.1) is 11.3 Å². The van der Waals surface area contributed by atoms with Crippen molar-refractivity contribution in [2.24, 2.45) is 11.3 Å². The van der Waals surface area contributed by atoms with Crippen molar-refractivity contribution in [2.75, 3.05) is 0 Å². The van der Waals surface area contributed by atoms with Crippen LogP contribution in [0.25, 0.3) is 0 Å². The van der Waals surface area contributed by atoms with Crippen molar-refractivity contribution < 1.29 is 4.79 Å². The maximum Gasteiger partial charge on any atom is 0.170 e. The van der Waals surface area contributed by atoms with Crippen LogP contribution in [0.3, 0.4) is 0 Å². The monoisotopic (exact) mass is 248 g/mol. The van der Waals surface area contributed by atoms with E-state index >= 15 is 0 Å². The Labute approximate surface area is 113 Å². The van der Waals surface area contributed by atoms with Gasteiger partial charge in [-0.05, 0) is 23.5 Å². The summed E-state index contributed by atoms with van der Waals surface area (Å²) in [7, 11) is 0. The molecule has 0 bridgehead atoms. The number of rotatable bonds is 1. The lowest BCUT2D eigenvalue weighted by Crippen LogP contribution is -2.14. The first kappa shape index (κ1) is 11.0. The maximum absolute atomic E-state index is 12.8. The molecule has 2 aromatic rings. The van der Waals surface area contributed by atoms with Gasteiger partial charge in [0.1, 0.15) is 0 Å². The van der Waals surface area contributed by atoms with Crippen LogP contribution in [0.4, 0.5) is 0 Å². The van der Waals surface area contributed by atoms with Crippen molar-refractivity contribution in [3.8, 4) is 0 Å². The van der Waals surface area contributed by atoms with Gasteiger partial charge in [-0.2, -0.15) is 0 Å². The first-order valence-corrected chi connectivity index (χ1v) is 6.93. The van der Waals surface area contributed by atoms with E-state index in [1.165, 1.54) is 11.1 Å². The summed E-state index contributed by atoms with van der Waals surface area (Å²) in [5.74, 6) is 1.22. The van der Waals surface area contributed by atoms with Gasteiger partial charge >= 0.3 is 0 Å². The molecule has 0 aliphatic heterocycles. The lowest BCUT2D eigenvalue weighted by molar-refractivity contribution is 0.0905. The van der Waals surface area contributed by atoms with Crippen molar-refractivity contribution in [2.45, 2.75) is 19.3 Å². The number of benzene rings is 2. The van der Waals surface area contributed by atoms with Crippen LogP contribution in [-0.2, 0) is 6.42 Å². The van der Waals surface area contributed by atoms with Crippen molar-refractivity contribution in [3.05, 3.63) is 71.3 Å². The fraction of sp³-hybridized carbons (Fsp3) is 0.278. The molecule has 1 saturated carbocycles. The molecule has 0 heterocycles. The van der Waals surface area contributed by atoms with Crippen LogP contribution < -0.4 is 0 Å². The van der Waals surface area contributed by atoms with E-state index in [2.05, 4.69) is 37.3 Å². The molecule has 3 atom stereocenters. The van der Waals surface area contributed by atoms with Crippen molar-refractivity contribution in [1.82, 2.24) is 0 Å². The minimum atomic E-state index is -0.148. The van der Waals surface area contributed by atoms with Crippen molar-refractivity contribution in [3.63, 3.8) is 0 Å². The minimum absolute atomic E-state index is 0.148. The SMILES string of the molecule is CC1[C@H](c2ccccc2)[C@@]12Cc1ccccc1C2=O. The molecule has 0 radical (unpaired) electrons. The van der Waals surface area contributed by atoms with E-state index in [-0.39, 0.29) is 5.41 Å². The molecule has 0 N–H and O–H groups in total. The van der Waals surface area contributed by atoms with Crippen LogP contribution in [0.2, 0.25) is 0 Å². The van der Waals surface area contributed by atoms with Gasteiger partial charge in [-0.15, -0.1) is 0 Å². The summed E-state index contributed by atoms with van der Waals surface area (Å²) >= 11 is 0. The summed E-state index contributed by atoms with van der Waals surface area (Å²) in [4.78, 5) is 12.8. The summed E-state index contributed by atoms with van der Waals surface area (Å²) in [6.07, 6.45) is 0.919. The van der Waals surface area contributed by atoms with E-state index in [0.29, 0.717) is 17.6 Å². The topological polar surface area (TPSA) is 17.1 Å². The third-order valence-electron chi connectivity index (χ3n) is 5.08. The highest BCUT2D eigenvalue weighted by Crippen LogP contribution is 2.69.